The predicted octanol–water partition coefficient (Wildman–Crippen LogP) is 3.15. The van der Waals surface area contributed by atoms with E-state index in [1.165, 1.54) is 5.56 Å². The van der Waals surface area contributed by atoms with Gasteiger partial charge in [0, 0.05) is 31.5 Å². The monoisotopic (exact) mass is 273 g/mol. The van der Waals surface area contributed by atoms with Gasteiger partial charge in [-0.05, 0) is 30.4 Å². The Morgan fingerprint density at radius 3 is 2.55 bits per heavy atom. The van der Waals surface area contributed by atoms with Gasteiger partial charge in [-0.2, -0.15) is 0 Å². The van der Waals surface area contributed by atoms with Crippen molar-refractivity contribution in [3.8, 4) is 0 Å². The van der Waals surface area contributed by atoms with E-state index in [9.17, 15) is 0 Å². The van der Waals surface area contributed by atoms with Crippen LogP contribution in [0.15, 0.2) is 36.2 Å². The number of nitrogens with two attached hydrogens (primary N) is 1. The molecule has 2 unspecified atom stereocenters. The highest BCUT2D eigenvalue weighted by Gasteiger charge is 2.28. The molecule has 110 valence electrons. The van der Waals surface area contributed by atoms with Crippen molar-refractivity contribution in [2.24, 2.45) is 11.1 Å². The van der Waals surface area contributed by atoms with Crippen LogP contribution in [0.5, 0.6) is 0 Å². The lowest BCUT2D eigenvalue weighted by atomic mass is 9.82. The molecule has 1 aromatic rings. The van der Waals surface area contributed by atoms with E-state index in [2.05, 4.69) is 49.7 Å². The van der Waals surface area contributed by atoms with E-state index in [1.807, 2.05) is 18.5 Å². The number of nitrogens with zero attached hydrogens (tertiary/aromatic N) is 2. The highest BCUT2D eigenvalue weighted by atomic mass is 15.2. The van der Waals surface area contributed by atoms with Gasteiger partial charge in [0.15, 0.2) is 0 Å². The van der Waals surface area contributed by atoms with Gasteiger partial charge in [0.05, 0.1) is 6.04 Å². The molecule has 2 atom stereocenters. The summed E-state index contributed by atoms with van der Waals surface area (Å²) in [6.07, 6.45) is 7.27. The first-order valence-electron chi connectivity index (χ1n) is 7.48. The van der Waals surface area contributed by atoms with E-state index >= 15 is 0 Å². The number of hydrogen-bond acceptors (Lipinski definition) is 3. The Bertz CT molecular complexity index is 457. The lowest BCUT2D eigenvalue weighted by molar-refractivity contribution is 0.183. The Kier molecular flexibility index (Phi) is 4.61. The van der Waals surface area contributed by atoms with Gasteiger partial charge < -0.3 is 5.73 Å². The molecule has 0 aliphatic carbocycles. The smallest absolute Gasteiger partial charge is 0.0515 e. The first-order chi connectivity index (χ1) is 9.39. The molecule has 0 radical (unpaired) electrons. The van der Waals surface area contributed by atoms with Gasteiger partial charge in [0.25, 0.3) is 0 Å². The van der Waals surface area contributed by atoms with E-state index in [-0.39, 0.29) is 17.5 Å². The summed E-state index contributed by atoms with van der Waals surface area (Å²) in [5.74, 6) is 0. The zero-order valence-corrected chi connectivity index (χ0v) is 13.1. The molecule has 0 saturated heterocycles. The normalized spacial score (nSPS) is 20.4. The number of rotatable bonds is 3. The van der Waals surface area contributed by atoms with Gasteiger partial charge in [0.2, 0.25) is 0 Å². The number of aromatic nitrogens is 1. The molecule has 0 aromatic carbocycles. The van der Waals surface area contributed by atoms with Crippen LogP contribution in [0.3, 0.4) is 0 Å². The van der Waals surface area contributed by atoms with Crippen LogP contribution in [-0.4, -0.2) is 29.0 Å². The van der Waals surface area contributed by atoms with Crippen LogP contribution in [0.2, 0.25) is 0 Å². The number of pyridine rings is 1. The fourth-order valence-electron chi connectivity index (χ4n) is 3.02. The summed E-state index contributed by atoms with van der Waals surface area (Å²) in [4.78, 5) is 6.71. The molecule has 1 aliphatic heterocycles. The van der Waals surface area contributed by atoms with Crippen molar-refractivity contribution in [3.05, 3.63) is 41.7 Å². The van der Waals surface area contributed by atoms with Gasteiger partial charge in [-0.3, -0.25) is 9.88 Å². The third kappa shape index (κ3) is 3.47. The van der Waals surface area contributed by atoms with Crippen LogP contribution in [0.4, 0.5) is 0 Å². The summed E-state index contributed by atoms with van der Waals surface area (Å²) in [7, 11) is 0. The second kappa shape index (κ2) is 6.06. The Labute approximate surface area is 122 Å². The SMILES string of the molecule is CC(N)C(c1cccnc1)N1CC=C(C(C)(C)C)CC1. The summed E-state index contributed by atoms with van der Waals surface area (Å²) in [5.41, 5.74) is 9.29. The minimum Gasteiger partial charge on any atom is -0.326 e. The standard InChI is InChI=1S/C17H27N3/c1-13(18)16(14-6-5-9-19-12-14)20-10-7-15(8-11-20)17(2,3)4/h5-7,9,12-13,16H,8,10-11,18H2,1-4H3. The molecule has 0 saturated carbocycles. The molecule has 20 heavy (non-hydrogen) atoms. The van der Waals surface area contributed by atoms with Crippen molar-refractivity contribution in [2.75, 3.05) is 13.1 Å². The summed E-state index contributed by atoms with van der Waals surface area (Å²) >= 11 is 0. The Morgan fingerprint density at radius 2 is 2.10 bits per heavy atom. The third-order valence-corrected chi connectivity index (χ3v) is 4.12. The van der Waals surface area contributed by atoms with E-state index < -0.39 is 0 Å². The lowest BCUT2D eigenvalue weighted by Crippen LogP contribution is -2.42. The molecule has 3 heteroatoms. The average Bonchev–Trinajstić information content (AvgIpc) is 2.39. The molecule has 2 heterocycles. The van der Waals surface area contributed by atoms with Crippen molar-refractivity contribution in [2.45, 2.75) is 46.2 Å². The molecule has 2 rings (SSSR count). The van der Waals surface area contributed by atoms with E-state index in [4.69, 9.17) is 5.73 Å². The zero-order valence-electron chi connectivity index (χ0n) is 13.1. The van der Waals surface area contributed by atoms with Crippen molar-refractivity contribution >= 4 is 0 Å². The first kappa shape index (κ1) is 15.2. The van der Waals surface area contributed by atoms with Crippen molar-refractivity contribution in [1.29, 1.82) is 0 Å². The molecule has 0 fully saturated rings. The van der Waals surface area contributed by atoms with Gasteiger partial charge in [-0.25, -0.2) is 0 Å². The summed E-state index contributed by atoms with van der Waals surface area (Å²) < 4.78 is 0. The molecule has 1 aromatic heterocycles. The van der Waals surface area contributed by atoms with Crippen LogP contribution in [0.1, 0.15) is 45.7 Å². The van der Waals surface area contributed by atoms with Crippen LogP contribution in [-0.2, 0) is 0 Å². The maximum absolute atomic E-state index is 6.23. The summed E-state index contributed by atoms with van der Waals surface area (Å²) in [5, 5.41) is 0. The summed E-state index contributed by atoms with van der Waals surface area (Å²) in [6, 6.07) is 4.47. The molecular formula is C17H27N3. The highest BCUT2D eigenvalue weighted by molar-refractivity contribution is 5.20. The predicted molar refractivity (Wildman–Crippen MR) is 84.4 cm³/mol. The highest BCUT2D eigenvalue weighted by Crippen LogP contribution is 2.33. The first-order valence-corrected chi connectivity index (χ1v) is 7.48. The largest absolute Gasteiger partial charge is 0.326 e. The second-order valence-electron chi connectivity index (χ2n) is 6.81. The second-order valence-corrected chi connectivity index (χ2v) is 6.81. The quantitative estimate of drug-likeness (QED) is 0.860. The van der Waals surface area contributed by atoms with Crippen LogP contribution < -0.4 is 5.73 Å². The van der Waals surface area contributed by atoms with Crippen LogP contribution >= 0.6 is 0 Å². The topological polar surface area (TPSA) is 42.1 Å². The van der Waals surface area contributed by atoms with Gasteiger partial charge in [-0.1, -0.05) is 38.5 Å². The molecule has 0 spiro atoms. The van der Waals surface area contributed by atoms with Crippen molar-refractivity contribution < 1.29 is 0 Å². The van der Waals surface area contributed by atoms with Crippen LogP contribution in [0.25, 0.3) is 0 Å². The molecule has 0 amide bonds. The van der Waals surface area contributed by atoms with Gasteiger partial charge >= 0.3 is 0 Å². The minimum atomic E-state index is 0.101. The third-order valence-electron chi connectivity index (χ3n) is 4.12. The summed E-state index contributed by atoms with van der Waals surface area (Å²) in [6.45, 7) is 11.0. The Hall–Kier alpha value is -1.19. The zero-order chi connectivity index (χ0) is 14.8. The molecule has 2 N–H and O–H groups in total. The molecular weight excluding hydrogens is 246 g/mol. The minimum absolute atomic E-state index is 0.101. The maximum Gasteiger partial charge on any atom is 0.0515 e. The van der Waals surface area contributed by atoms with Crippen molar-refractivity contribution in [3.63, 3.8) is 0 Å². The lowest BCUT2D eigenvalue weighted by Gasteiger charge is -2.38. The maximum atomic E-state index is 6.23. The molecule has 1 aliphatic rings. The van der Waals surface area contributed by atoms with E-state index in [0.29, 0.717) is 0 Å². The molecule has 0 bridgehead atoms. The number of hydrogen-bond donors (Lipinski definition) is 1. The van der Waals surface area contributed by atoms with E-state index in [0.717, 1.165) is 19.5 Å². The molecule has 3 nitrogen and oxygen atoms in total. The van der Waals surface area contributed by atoms with Crippen LogP contribution in [0, 0.1) is 5.41 Å². The Morgan fingerprint density at radius 1 is 1.35 bits per heavy atom. The fraction of sp³-hybridized carbons (Fsp3) is 0.588. The Balaban J connectivity index is 2.16. The van der Waals surface area contributed by atoms with Gasteiger partial charge in [0.1, 0.15) is 0 Å². The average molecular weight is 273 g/mol. The fourth-order valence-corrected chi connectivity index (χ4v) is 3.02. The van der Waals surface area contributed by atoms with Gasteiger partial charge in [-0.15, -0.1) is 0 Å². The van der Waals surface area contributed by atoms with Crippen molar-refractivity contribution in [1.82, 2.24) is 9.88 Å². The van der Waals surface area contributed by atoms with E-state index in [1.54, 1.807) is 5.57 Å².